The van der Waals surface area contributed by atoms with Crippen molar-refractivity contribution in [2.45, 2.75) is 17.9 Å². The first-order valence-corrected chi connectivity index (χ1v) is 7.53. The van der Waals surface area contributed by atoms with Crippen molar-refractivity contribution >= 4 is 9.84 Å². The van der Waals surface area contributed by atoms with Gasteiger partial charge in [0.2, 0.25) is 0 Å². The largest absolute Gasteiger partial charge is 0.245 e. The molecule has 0 amide bonds. The van der Waals surface area contributed by atoms with Gasteiger partial charge in [-0.05, 0) is 35.7 Å². The van der Waals surface area contributed by atoms with E-state index in [1.54, 1.807) is 31.2 Å². The van der Waals surface area contributed by atoms with Crippen molar-refractivity contribution in [2.24, 2.45) is 0 Å². The quantitative estimate of drug-likeness (QED) is 0.864. The molecule has 3 nitrogen and oxygen atoms in total. The van der Waals surface area contributed by atoms with E-state index in [2.05, 4.69) is 4.98 Å². The van der Waals surface area contributed by atoms with Crippen LogP contribution in [0.5, 0.6) is 0 Å². The van der Waals surface area contributed by atoms with Crippen LogP contribution < -0.4 is 0 Å². The number of halogens is 1. The lowest BCUT2D eigenvalue weighted by molar-refractivity contribution is 0.586. The second-order valence-electron chi connectivity index (χ2n) is 4.40. The molecule has 0 aliphatic heterocycles. The molecule has 1 unspecified atom stereocenters. The zero-order chi connectivity index (χ0) is 13.9. The Labute approximate surface area is 112 Å². The van der Waals surface area contributed by atoms with Crippen LogP contribution in [-0.2, 0) is 9.84 Å². The van der Waals surface area contributed by atoms with Crippen molar-refractivity contribution in [3.63, 3.8) is 0 Å². The van der Waals surface area contributed by atoms with Gasteiger partial charge in [-0.2, -0.15) is 0 Å². The summed E-state index contributed by atoms with van der Waals surface area (Å²) in [7, 11) is -3.42. The van der Waals surface area contributed by atoms with Crippen molar-refractivity contribution in [3.05, 3.63) is 60.0 Å². The summed E-state index contributed by atoms with van der Waals surface area (Å²) >= 11 is 0. The molecule has 0 bridgehead atoms. The molecule has 2 rings (SSSR count). The summed E-state index contributed by atoms with van der Waals surface area (Å²) < 4.78 is 37.1. The highest BCUT2D eigenvalue weighted by Crippen LogP contribution is 2.20. The molecule has 19 heavy (non-hydrogen) atoms. The molecule has 100 valence electrons. The fourth-order valence-corrected chi connectivity index (χ4v) is 3.36. The maximum absolute atomic E-state index is 12.8. The van der Waals surface area contributed by atoms with E-state index in [9.17, 15) is 12.8 Å². The van der Waals surface area contributed by atoms with E-state index in [4.69, 9.17) is 0 Å². The zero-order valence-corrected chi connectivity index (χ0v) is 11.3. The monoisotopic (exact) mass is 279 g/mol. The highest BCUT2D eigenvalue weighted by molar-refractivity contribution is 7.91. The number of hydrogen-bond donors (Lipinski definition) is 0. The molecule has 0 radical (unpaired) electrons. The third kappa shape index (κ3) is 3.38. The topological polar surface area (TPSA) is 47.0 Å². The molecule has 0 aliphatic rings. The Kier molecular flexibility index (Phi) is 3.95. The first kappa shape index (κ1) is 13.7. The van der Waals surface area contributed by atoms with Gasteiger partial charge < -0.3 is 0 Å². The predicted octanol–water partition coefficient (Wildman–Crippen LogP) is 2.80. The van der Waals surface area contributed by atoms with Gasteiger partial charge in [-0.3, -0.25) is 0 Å². The van der Waals surface area contributed by atoms with Crippen LogP contribution >= 0.6 is 0 Å². The molecule has 0 saturated carbocycles. The van der Waals surface area contributed by atoms with E-state index >= 15 is 0 Å². The molecule has 5 heteroatoms. The molecule has 1 atom stereocenters. The second kappa shape index (κ2) is 5.48. The average Bonchev–Trinajstić information content (AvgIpc) is 2.40. The predicted molar refractivity (Wildman–Crippen MR) is 71.1 cm³/mol. The highest BCUT2D eigenvalue weighted by atomic mass is 32.2. The zero-order valence-electron chi connectivity index (χ0n) is 10.5. The van der Waals surface area contributed by atoms with Crippen LogP contribution in [0, 0.1) is 5.82 Å². The van der Waals surface area contributed by atoms with Crippen molar-refractivity contribution in [3.8, 4) is 0 Å². The summed E-state index contributed by atoms with van der Waals surface area (Å²) in [6.07, 6.45) is 1.45. The molecule has 0 spiro atoms. The third-order valence-electron chi connectivity index (χ3n) is 2.86. The number of sulfone groups is 1. The van der Waals surface area contributed by atoms with Crippen LogP contribution in [-0.4, -0.2) is 19.2 Å². The Hall–Kier alpha value is -1.75. The van der Waals surface area contributed by atoms with Gasteiger partial charge in [-0.15, -0.1) is 0 Å². The molecular weight excluding hydrogens is 265 g/mol. The first-order valence-electron chi connectivity index (χ1n) is 5.88. The molecule has 0 fully saturated rings. The molecule has 0 saturated heterocycles. The Bertz CT molecular complexity index is 639. The minimum atomic E-state index is -3.42. The van der Waals surface area contributed by atoms with Gasteiger partial charge in [0.25, 0.3) is 0 Å². The second-order valence-corrected chi connectivity index (χ2v) is 6.38. The van der Waals surface area contributed by atoms with E-state index < -0.39 is 9.84 Å². The van der Waals surface area contributed by atoms with Crippen LogP contribution in [0.2, 0.25) is 0 Å². The fraction of sp³-hybridized carbons (Fsp3) is 0.214. The average molecular weight is 279 g/mol. The van der Waals surface area contributed by atoms with E-state index in [-0.39, 0.29) is 22.5 Å². The van der Waals surface area contributed by atoms with Gasteiger partial charge in [0, 0.05) is 6.20 Å². The maximum atomic E-state index is 12.8. The number of pyridine rings is 1. The number of benzene rings is 1. The lowest BCUT2D eigenvalue weighted by Crippen LogP contribution is -2.14. The number of hydrogen-bond acceptors (Lipinski definition) is 3. The molecule has 2 aromatic rings. The van der Waals surface area contributed by atoms with E-state index in [1.165, 1.54) is 24.4 Å². The normalized spacial score (nSPS) is 13.2. The summed E-state index contributed by atoms with van der Waals surface area (Å²) in [5, 5.41) is 0.0731. The van der Waals surface area contributed by atoms with Gasteiger partial charge in [-0.25, -0.2) is 17.8 Å². The molecule has 1 aromatic heterocycles. The van der Waals surface area contributed by atoms with Crippen molar-refractivity contribution in [1.29, 1.82) is 0 Å². The summed E-state index contributed by atoms with van der Waals surface area (Å²) in [6.45, 7) is 1.80. The SMILES string of the molecule is CC(CS(=O)(=O)c1ccccn1)c1ccc(F)cc1. The molecular formula is C14H14FNO2S. The smallest absolute Gasteiger partial charge is 0.196 e. The Balaban J connectivity index is 2.19. The molecule has 1 heterocycles. The maximum Gasteiger partial charge on any atom is 0.196 e. The molecule has 0 aliphatic carbocycles. The van der Waals surface area contributed by atoms with Crippen molar-refractivity contribution in [2.75, 3.05) is 5.75 Å². The first-order chi connectivity index (χ1) is 8.99. The van der Waals surface area contributed by atoms with E-state index in [1.807, 2.05) is 0 Å². The third-order valence-corrected chi connectivity index (χ3v) is 4.68. The minimum absolute atomic E-state index is 0.0460. The van der Waals surface area contributed by atoms with Gasteiger partial charge in [0.15, 0.2) is 14.9 Å². The molecule has 0 N–H and O–H groups in total. The Morgan fingerprint density at radius 3 is 2.42 bits per heavy atom. The molecule has 1 aromatic carbocycles. The van der Waals surface area contributed by atoms with Crippen LogP contribution in [0.1, 0.15) is 18.4 Å². The summed E-state index contributed by atoms with van der Waals surface area (Å²) in [6, 6.07) is 10.7. The highest BCUT2D eigenvalue weighted by Gasteiger charge is 2.20. The minimum Gasteiger partial charge on any atom is -0.245 e. The van der Waals surface area contributed by atoms with Crippen molar-refractivity contribution < 1.29 is 12.8 Å². The van der Waals surface area contributed by atoms with Crippen LogP contribution in [0.4, 0.5) is 4.39 Å². The Morgan fingerprint density at radius 1 is 1.16 bits per heavy atom. The van der Waals surface area contributed by atoms with Gasteiger partial charge in [-0.1, -0.05) is 25.1 Å². The van der Waals surface area contributed by atoms with E-state index in [0.29, 0.717) is 0 Å². The lowest BCUT2D eigenvalue weighted by atomic mass is 10.0. The summed E-state index contributed by atoms with van der Waals surface area (Å²) in [5.41, 5.74) is 0.793. The lowest BCUT2D eigenvalue weighted by Gasteiger charge is -2.12. The van der Waals surface area contributed by atoms with Crippen LogP contribution in [0.25, 0.3) is 0 Å². The van der Waals surface area contributed by atoms with Gasteiger partial charge >= 0.3 is 0 Å². The standard InChI is InChI=1S/C14H14FNO2S/c1-11(12-5-7-13(15)8-6-12)10-19(17,18)14-4-2-3-9-16-14/h2-9,11H,10H2,1H3. The van der Waals surface area contributed by atoms with Crippen molar-refractivity contribution in [1.82, 2.24) is 4.98 Å². The number of aromatic nitrogens is 1. The van der Waals surface area contributed by atoms with Crippen LogP contribution in [0.15, 0.2) is 53.7 Å². The Morgan fingerprint density at radius 2 is 1.84 bits per heavy atom. The van der Waals surface area contributed by atoms with Gasteiger partial charge in [0.1, 0.15) is 5.82 Å². The number of rotatable bonds is 4. The fourth-order valence-electron chi connectivity index (χ4n) is 1.83. The van der Waals surface area contributed by atoms with Gasteiger partial charge in [0.05, 0.1) is 5.75 Å². The van der Waals surface area contributed by atoms with Crippen LogP contribution in [0.3, 0.4) is 0 Å². The number of nitrogens with zero attached hydrogens (tertiary/aromatic N) is 1. The van der Waals surface area contributed by atoms with E-state index in [0.717, 1.165) is 5.56 Å². The summed E-state index contributed by atoms with van der Waals surface area (Å²) in [5.74, 6) is -0.591. The summed E-state index contributed by atoms with van der Waals surface area (Å²) in [4.78, 5) is 3.86.